The van der Waals surface area contributed by atoms with Crippen molar-refractivity contribution in [1.29, 1.82) is 0 Å². The first kappa shape index (κ1) is 24.4. The molecule has 3 rings (SSSR count). The molecule has 0 radical (unpaired) electrons. The van der Waals surface area contributed by atoms with Crippen LogP contribution in [0, 0.1) is 6.92 Å². The Bertz CT molecular complexity index is 1260. The van der Waals surface area contributed by atoms with Gasteiger partial charge < -0.3 is 10.6 Å². The molecule has 0 saturated carbocycles. The second kappa shape index (κ2) is 10.6. The molecular weight excluding hydrogens is 438 g/mol. The SMILES string of the molecule is CCN(CC)S(=O)(=O)c1cc(NC(=O)CNC(=O)Cc2cccc3ccccc23)ccc1C. The van der Waals surface area contributed by atoms with E-state index in [2.05, 4.69) is 10.6 Å². The quantitative estimate of drug-likeness (QED) is 0.504. The van der Waals surface area contributed by atoms with Gasteiger partial charge in [0, 0.05) is 18.8 Å². The predicted octanol–water partition coefficient (Wildman–Crippen LogP) is 3.48. The normalized spacial score (nSPS) is 11.5. The molecule has 0 aliphatic rings. The zero-order chi connectivity index (χ0) is 24.0. The van der Waals surface area contributed by atoms with Crippen molar-refractivity contribution in [2.45, 2.75) is 32.1 Å². The molecule has 8 heteroatoms. The van der Waals surface area contributed by atoms with Gasteiger partial charge in [0.2, 0.25) is 21.8 Å². The number of fused-ring (bicyclic) bond motifs is 1. The molecule has 2 amide bonds. The summed E-state index contributed by atoms with van der Waals surface area (Å²) >= 11 is 0. The summed E-state index contributed by atoms with van der Waals surface area (Å²) < 4.78 is 27.2. The lowest BCUT2D eigenvalue weighted by Crippen LogP contribution is -2.34. The lowest BCUT2D eigenvalue weighted by Gasteiger charge is -2.20. The van der Waals surface area contributed by atoms with E-state index in [0.29, 0.717) is 24.3 Å². The molecule has 0 bridgehead atoms. The average Bonchev–Trinajstić information content (AvgIpc) is 2.80. The van der Waals surface area contributed by atoms with Crippen LogP contribution in [0.5, 0.6) is 0 Å². The lowest BCUT2D eigenvalue weighted by atomic mass is 10.0. The molecule has 0 heterocycles. The first-order valence-electron chi connectivity index (χ1n) is 10.9. The van der Waals surface area contributed by atoms with Gasteiger partial charge in [0.1, 0.15) is 0 Å². The summed E-state index contributed by atoms with van der Waals surface area (Å²) in [7, 11) is -3.66. The molecule has 0 aliphatic heterocycles. The molecule has 33 heavy (non-hydrogen) atoms. The number of aryl methyl sites for hydroxylation is 1. The van der Waals surface area contributed by atoms with Gasteiger partial charge in [0.05, 0.1) is 17.9 Å². The number of benzene rings is 3. The van der Waals surface area contributed by atoms with Crippen LogP contribution >= 0.6 is 0 Å². The summed E-state index contributed by atoms with van der Waals surface area (Å²) in [5.74, 6) is -0.702. The minimum absolute atomic E-state index is 0.156. The maximum Gasteiger partial charge on any atom is 0.243 e. The molecule has 3 aromatic rings. The molecule has 3 aromatic carbocycles. The van der Waals surface area contributed by atoms with Crippen LogP contribution in [-0.4, -0.2) is 44.2 Å². The second-order valence-electron chi connectivity index (χ2n) is 7.71. The Morgan fingerprint density at radius 1 is 0.909 bits per heavy atom. The Morgan fingerprint density at radius 2 is 1.61 bits per heavy atom. The highest BCUT2D eigenvalue weighted by molar-refractivity contribution is 7.89. The Labute approximate surface area is 194 Å². The van der Waals surface area contributed by atoms with Gasteiger partial charge in [-0.15, -0.1) is 0 Å². The molecule has 174 valence electrons. The Balaban J connectivity index is 1.63. The fourth-order valence-corrected chi connectivity index (χ4v) is 5.43. The zero-order valence-electron chi connectivity index (χ0n) is 19.1. The first-order chi connectivity index (χ1) is 15.8. The summed E-state index contributed by atoms with van der Waals surface area (Å²) in [6.07, 6.45) is 0.158. The molecule has 7 nitrogen and oxygen atoms in total. The summed E-state index contributed by atoms with van der Waals surface area (Å²) in [6.45, 7) is 5.78. The van der Waals surface area contributed by atoms with E-state index in [1.807, 2.05) is 42.5 Å². The third-order valence-electron chi connectivity index (χ3n) is 5.47. The van der Waals surface area contributed by atoms with Crippen LogP contribution < -0.4 is 10.6 Å². The van der Waals surface area contributed by atoms with Crippen LogP contribution in [0.25, 0.3) is 10.8 Å². The van der Waals surface area contributed by atoms with E-state index >= 15 is 0 Å². The van der Waals surface area contributed by atoms with E-state index in [9.17, 15) is 18.0 Å². The second-order valence-corrected chi connectivity index (χ2v) is 9.62. The van der Waals surface area contributed by atoms with Crippen LogP contribution in [0.3, 0.4) is 0 Å². The van der Waals surface area contributed by atoms with Crippen LogP contribution in [0.15, 0.2) is 65.6 Å². The van der Waals surface area contributed by atoms with Gasteiger partial charge in [-0.05, 0) is 41.0 Å². The molecule has 0 unspecified atom stereocenters. The van der Waals surface area contributed by atoms with E-state index in [-0.39, 0.29) is 23.8 Å². The topological polar surface area (TPSA) is 95.6 Å². The summed E-state index contributed by atoms with van der Waals surface area (Å²) in [5, 5.41) is 7.35. The van der Waals surface area contributed by atoms with E-state index in [4.69, 9.17) is 0 Å². The lowest BCUT2D eigenvalue weighted by molar-refractivity contribution is -0.123. The van der Waals surface area contributed by atoms with Crippen molar-refractivity contribution in [1.82, 2.24) is 9.62 Å². The van der Waals surface area contributed by atoms with Gasteiger partial charge in [-0.2, -0.15) is 4.31 Å². The number of carbonyl (C=O) groups is 2. The van der Waals surface area contributed by atoms with Crippen LogP contribution in [0.2, 0.25) is 0 Å². The van der Waals surface area contributed by atoms with Crippen LogP contribution in [0.4, 0.5) is 5.69 Å². The predicted molar refractivity (Wildman–Crippen MR) is 131 cm³/mol. The maximum absolute atomic E-state index is 12.9. The number of anilines is 1. The van der Waals surface area contributed by atoms with E-state index in [1.54, 1.807) is 32.9 Å². The van der Waals surface area contributed by atoms with Gasteiger partial charge in [0.15, 0.2) is 0 Å². The number of nitrogens with one attached hydrogen (secondary N) is 2. The summed E-state index contributed by atoms with van der Waals surface area (Å²) in [5.41, 5.74) is 1.85. The third-order valence-corrected chi connectivity index (χ3v) is 7.66. The monoisotopic (exact) mass is 467 g/mol. The first-order valence-corrected chi connectivity index (χ1v) is 12.3. The summed E-state index contributed by atoms with van der Waals surface area (Å²) in [6, 6.07) is 18.4. The highest BCUT2D eigenvalue weighted by atomic mass is 32.2. The van der Waals surface area contributed by atoms with Crippen molar-refractivity contribution < 1.29 is 18.0 Å². The minimum atomic E-state index is -3.66. The number of sulfonamides is 1. The molecule has 0 spiro atoms. The van der Waals surface area contributed by atoms with Crippen molar-refractivity contribution in [3.8, 4) is 0 Å². The summed E-state index contributed by atoms with van der Waals surface area (Å²) in [4.78, 5) is 25.0. The molecule has 0 fully saturated rings. The van der Waals surface area contributed by atoms with Gasteiger partial charge in [0.25, 0.3) is 0 Å². The third kappa shape index (κ3) is 5.77. The van der Waals surface area contributed by atoms with Crippen LogP contribution in [0.1, 0.15) is 25.0 Å². The average molecular weight is 468 g/mol. The fraction of sp³-hybridized carbons (Fsp3) is 0.280. The Hall–Kier alpha value is -3.23. The number of hydrogen-bond donors (Lipinski definition) is 2. The van der Waals surface area contributed by atoms with E-state index in [0.717, 1.165) is 16.3 Å². The van der Waals surface area contributed by atoms with E-state index < -0.39 is 15.9 Å². The number of nitrogens with zero attached hydrogens (tertiary/aromatic N) is 1. The molecular formula is C25H29N3O4S. The Morgan fingerprint density at radius 3 is 2.33 bits per heavy atom. The van der Waals surface area contributed by atoms with Crippen molar-refractivity contribution in [3.63, 3.8) is 0 Å². The highest BCUT2D eigenvalue weighted by Gasteiger charge is 2.24. The van der Waals surface area contributed by atoms with Crippen molar-refractivity contribution in [2.75, 3.05) is 25.0 Å². The van der Waals surface area contributed by atoms with Crippen molar-refractivity contribution in [2.24, 2.45) is 0 Å². The maximum atomic E-state index is 12.9. The fourth-order valence-electron chi connectivity index (χ4n) is 3.72. The zero-order valence-corrected chi connectivity index (χ0v) is 19.9. The minimum Gasteiger partial charge on any atom is -0.347 e. The number of rotatable bonds is 9. The highest BCUT2D eigenvalue weighted by Crippen LogP contribution is 2.23. The van der Waals surface area contributed by atoms with Gasteiger partial charge in [-0.25, -0.2) is 8.42 Å². The largest absolute Gasteiger partial charge is 0.347 e. The van der Waals surface area contributed by atoms with Gasteiger partial charge in [-0.3, -0.25) is 9.59 Å². The standard InChI is InChI=1S/C25H29N3O4S/c1-4-28(5-2)33(31,32)23-16-21(14-13-18(23)3)27-25(30)17-26-24(29)15-20-11-8-10-19-9-6-7-12-22(19)20/h6-14,16H,4-5,15,17H2,1-3H3,(H,26,29)(H,27,30). The van der Waals surface area contributed by atoms with Crippen LogP contribution in [-0.2, 0) is 26.0 Å². The van der Waals surface area contributed by atoms with Gasteiger partial charge >= 0.3 is 0 Å². The van der Waals surface area contributed by atoms with Crippen molar-refractivity contribution in [3.05, 3.63) is 71.8 Å². The smallest absolute Gasteiger partial charge is 0.243 e. The van der Waals surface area contributed by atoms with Gasteiger partial charge in [-0.1, -0.05) is 62.4 Å². The molecule has 0 saturated heterocycles. The van der Waals surface area contributed by atoms with Crippen molar-refractivity contribution >= 4 is 38.3 Å². The molecule has 2 N–H and O–H groups in total. The molecule has 0 aromatic heterocycles. The molecule has 0 atom stereocenters. The van der Waals surface area contributed by atoms with E-state index in [1.165, 1.54) is 10.4 Å². The number of amides is 2. The molecule has 0 aliphatic carbocycles. The Kier molecular flexibility index (Phi) is 7.84. The number of hydrogen-bond acceptors (Lipinski definition) is 4. The number of carbonyl (C=O) groups excluding carboxylic acids is 2.